The Morgan fingerprint density at radius 3 is 2.26 bits per heavy atom. The van der Waals surface area contributed by atoms with Gasteiger partial charge >= 0.3 is 0 Å². The maximum atomic E-state index is 12.1. The van der Waals surface area contributed by atoms with Gasteiger partial charge in [-0.05, 0) is 55.2 Å². The molecule has 2 aromatic rings. The van der Waals surface area contributed by atoms with Gasteiger partial charge in [-0.2, -0.15) is 0 Å². The quantitative estimate of drug-likeness (QED) is 0.901. The largest absolute Gasteiger partial charge is 0.326 e. The monoisotopic (exact) mass is 332 g/mol. The molecule has 6 heteroatoms. The van der Waals surface area contributed by atoms with Crippen LogP contribution in [0.25, 0.3) is 0 Å². The normalized spacial score (nSPS) is 11.3. The Hall–Kier alpha value is -2.18. The first-order chi connectivity index (χ1) is 10.7. The molecule has 5 nitrogen and oxygen atoms in total. The number of carbonyl (C=O) groups excluding carboxylic acids is 1. The van der Waals surface area contributed by atoms with Gasteiger partial charge in [-0.3, -0.25) is 4.79 Å². The van der Waals surface area contributed by atoms with Gasteiger partial charge in [0.15, 0.2) is 0 Å². The molecule has 0 saturated heterocycles. The van der Waals surface area contributed by atoms with Crippen LogP contribution in [0, 0.1) is 20.8 Å². The topological polar surface area (TPSA) is 89.3 Å². The number of sulfonamides is 1. The van der Waals surface area contributed by atoms with Crippen molar-refractivity contribution in [2.45, 2.75) is 32.1 Å². The summed E-state index contributed by atoms with van der Waals surface area (Å²) < 4.78 is 23.0. The molecule has 0 aliphatic heterocycles. The zero-order chi connectivity index (χ0) is 17.2. The zero-order valence-corrected chi connectivity index (χ0v) is 14.2. The highest BCUT2D eigenvalue weighted by molar-refractivity contribution is 7.89. The van der Waals surface area contributed by atoms with Gasteiger partial charge in [0.2, 0.25) is 15.9 Å². The molecule has 0 fully saturated rings. The van der Waals surface area contributed by atoms with E-state index in [0.29, 0.717) is 11.3 Å². The molecule has 3 N–H and O–H groups in total. The number of aryl methyl sites for hydroxylation is 3. The lowest BCUT2D eigenvalue weighted by molar-refractivity contribution is -0.115. The fraction of sp³-hybridized carbons (Fsp3) is 0.235. The van der Waals surface area contributed by atoms with E-state index in [1.165, 1.54) is 11.6 Å². The second-order valence-electron chi connectivity index (χ2n) is 5.67. The van der Waals surface area contributed by atoms with E-state index < -0.39 is 10.0 Å². The molecule has 0 aliphatic rings. The van der Waals surface area contributed by atoms with E-state index in [4.69, 9.17) is 5.14 Å². The fourth-order valence-electron chi connectivity index (χ4n) is 2.29. The van der Waals surface area contributed by atoms with Crippen molar-refractivity contribution in [3.05, 3.63) is 58.7 Å². The summed E-state index contributed by atoms with van der Waals surface area (Å²) in [5.41, 5.74) is 4.16. The number of anilines is 1. The smallest absolute Gasteiger partial charge is 0.238 e. The van der Waals surface area contributed by atoms with Crippen molar-refractivity contribution in [3.8, 4) is 0 Å². The lowest BCUT2D eigenvalue weighted by atomic mass is 10.0. The summed E-state index contributed by atoms with van der Waals surface area (Å²) >= 11 is 0. The van der Waals surface area contributed by atoms with Gasteiger partial charge in [0.05, 0.1) is 11.3 Å². The Bertz CT molecular complexity index is 858. The summed E-state index contributed by atoms with van der Waals surface area (Å²) in [5, 5.41) is 7.88. The first kappa shape index (κ1) is 17.2. The molecule has 23 heavy (non-hydrogen) atoms. The first-order valence-corrected chi connectivity index (χ1v) is 8.71. The Morgan fingerprint density at radius 2 is 1.65 bits per heavy atom. The molecule has 122 valence electrons. The third-order valence-corrected chi connectivity index (χ3v) is 4.77. The first-order valence-electron chi connectivity index (χ1n) is 7.16. The molecule has 0 spiro atoms. The average molecular weight is 332 g/mol. The van der Waals surface area contributed by atoms with E-state index in [1.54, 1.807) is 19.1 Å². The van der Waals surface area contributed by atoms with Crippen LogP contribution in [0.5, 0.6) is 0 Å². The predicted molar refractivity (Wildman–Crippen MR) is 90.8 cm³/mol. The van der Waals surface area contributed by atoms with Crippen LogP contribution >= 0.6 is 0 Å². The molecule has 0 aliphatic carbocycles. The highest BCUT2D eigenvalue weighted by Gasteiger charge is 2.13. The molecule has 0 heterocycles. The van der Waals surface area contributed by atoms with Crippen LogP contribution in [0.2, 0.25) is 0 Å². The number of nitrogens with one attached hydrogen (secondary N) is 1. The number of rotatable bonds is 4. The molecule has 0 unspecified atom stereocenters. The van der Waals surface area contributed by atoms with E-state index in [0.717, 1.165) is 11.1 Å². The lowest BCUT2D eigenvalue weighted by Gasteiger charge is -2.10. The zero-order valence-electron chi connectivity index (χ0n) is 13.4. The van der Waals surface area contributed by atoms with E-state index in [9.17, 15) is 13.2 Å². The third kappa shape index (κ3) is 4.40. The average Bonchev–Trinajstić information content (AvgIpc) is 2.44. The summed E-state index contributed by atoms with van der Waals surface area (Å²) in [6.45, 7) is 5.66. The third-order valence-electron chi connectivity index (χ3n) is 3.71. The minimum atomic E-state index is -3.81. The van der Waals surface area contributed by atoms with E-state index >= 15 is 0 Å². The van der Waals surface area contributed by atoms with Gasteiger partial charge in [0.25, 0.3) is 0 Å². The van der Waals surface area contributed by atoms with Gasteiger partial charge < -0.3 is 5.32 Å². The molecule has 0 atom stereocenters. The second-order valence-corrected chi connectivity index (χ2v) is 7.20. The number of carbonyl (C=O) groups is 1. The van der Waals surface area contributed by atoms with Crippen LogP contribution in [0.15, 0.2) is 41.3 Å². The number of nitrogens with two attached hydrogens (primary N) is 1. The van der Waals surface area contributed by atoms with Crippen LogP contribution in [0.4, 0.5) is 5.69 Å². The van der Waals surface area contributed by atoms with Crippen LogP contribution in [-0.2, 0) is 21.2 Å². The van der Waals surface area contributed by atoms with Gasteiger partial charge in [-0.15, -0.1) is 0 Å². The Balaban J connectivity index is 2.16. The number of amides is 1. The van der Waals surface area contributed by atoms with Gasteiger partial charge in [0, 0.05) is 5.69 Å². The number of primary sulfonamides is 1. The number of hydrogen-bond acceptors (Lipinski definition) is 3. The van der Waals surface area contributed by atoms with Crippen molar-refractivity contribution in [2.24, 2.45) is 5.14 Å². The van der Waals surface area contributed by atoms with Crippen LogP contribution in [0.1, 0.15) is 22.3 Å². The van der Waals surface area contributed by atoms with Crippen molar-refractivity contribution in [1.82, 2.24) is 0 Å². The van der Waals surface area contributed by atoms with Crippen LogP contribution in [0.3, 0.4) is 0 Å². The molecule has 1 amide bonds. The summed E-state index contributed by atoms with van der Waals surface area (Å²) in [4.78, 5) is 12.1. The van der Waals surface area contributed by atoms with Gasteiger partial charge in [-0.25, -0.2) is 13.6 Å². The Morgan fingerprint density at radius 1 is 1.00 bits per heavy atom. The Kier molecular flexibility index (Phi) is 4.87. The second kappa shape index (κ2) is 6.52. The summed E-state index contributed by atoms with van der Waals surface area (Å²) in [6.07, 6.45) is 0.222. The van der Waals surface area contributed by atoms with E-state index in [1.807, 2.05) is 32.0 Å². The molecule has 0 saturated carbocycles. The van der Waals surface area contributed by atoms with Gasteiger partial charge in [-0.1, -0.05) is 24.3 Å². The molecule has 2 rings (SSSR count). The highest BCUT2D eigenvalue weighted by Crippen LogP contribution is 2.19. The maximum Gasteiger partial charge on any atom is 0.238 e. The van der Waals surface area contributed by atoms with Crippen molar-refractivity contribution in [3.63, 3.8) is 0 Å². The standard InChI is InChI=1S/C17H20N2O3S/c1-11-4-6-14(8-13(11)3)9-17(20)19-15-7-5-12(2)16(10-15)23(18,21)22/h4-8,10H,9H2,1-3H3,(H,19,20)(H2,18,21,22). The Labute approximate surface area is 136 Å². The van der Waals surface area contributed by atoms with Gasteiger partial charge in [0.1, 0.15) is 0 Å². The fourth-order valence-corrected chi connectivity index (χ4v) is 3.10. The highest BCUT2D eigenvalue weighted by atomic mass is 32.2. The summed E-state index contributed by atoms with van der Waals surface area (Å²) in [7, 11) is -3.81. The molecular weight excluding hydrogens is 312 g/mol. The van der Waals surface area contributed by atoms with Crippen molar-refractivity contribution in [1.29, 1.82) is 0 Å². The minimum Gasteiger partial charge on any atom is -0.326 e. The van der Waals surface area contributed by atoms with Crippen molar-refractivity contribution < 1.29 is 13.2 Å². The number of benzene rings is 2. The summed E-state index contributed by atoms with van der Waals surface area (Å²) in [5.74, 6) is -0.211. The molecule has 0 aromatic heterocycles. The lowest BCUT2D eigenvalue weighted by Crippen LogP contribution is -2.17. The number of hydrogen-bond donors (Lipinski definition) is 2. The van der Waals surface area contributed by atoms with Crippen LogP contribution < -0.4 is 10.5 Å². The molecule has 0 bridgehead atoms. The van der Waals surface area contributed by atoms with E-state index in [2.05, 4.69) is 5.32 Å². The SMILES string of the molecule is Cc1ccc(CC(=O)Nc2ccc(C)c(S(N)(=O)=O)c2)cc1C. The predicted octanol–water partition coefficient (Wildman–Crippen LogP) is 2.44. The van der Waals surface area contributed by atoms with Crippen LogP contribution in [-0.4, -0.2) is 14.3 Å². The molecular formula is C17H20N2O3S. The summed E-state index contributed by atoms with van der Waals surface area (Å²) in [6, 6.07) is 10.5. The van der Waals surface area contributed by atoms with E-state index in [-0.39, 0.29) is 17.2 Å². The van der Waals surface area contributed by atoms with Crippen molar-refractivity contribution in [2.75, 3.05) is 5.32 Å². The molecule has 0 radical (unpaired) electrons. The van der Waals surface area contributed by atoms with Crippen molar-refractivity contribution >= 4 is 21.6 Å². The molecule has 2 aromatic carbocycles. The minimum absolute atomic E-state index is 0.0153. The maximum absolute atomic E-state index is 12.1.